The van der Waals surface area contributed by atoms with Crippen LogP contribution in [0.2, 0.25) is 5.02 Å². The molecule has 2 aromatic rings. The van der Waals surface area contributed by atoms with Crippen LogP contribution in [0.15, 0.2) is 28.8 Å². The Kier molecular flexibility index (Phi) is 3.53. The van der Waals surface area contributed by atoms with E-state index in [0.29, 0.717) is 30.5 Å². The Labute approximate surface area is 117 Å². The van der Waals surface area contributed by atoms with Crippen molar-refractivity contribution in [1.82, 2.24) is 10.1 Å². The van der Waals surface area contributed by atoms with Crippen molar-refractivity contribution in [2.24, 2.45) is 11.7 Å². The lowest BCUT2D eigenvalue weighted by atomic mass is 10.1. The minimum atomic E-state index is 0.156. The number of hydrogen-bond donors (Lipinski definition) is 1. The fourth-order valence-corrected chi connectivity index (χ4v) is 2.25. The van der Waals surface area contributed by atoms with Gasteiger partial charge >= 0.3 is 0 Å². The SMILES string of the molecule is NC(Cc1nc(Cc2ccc(Cl)cc2)no1)C1CC1. The number of nitrogens with zero attached hydrogens (tertiary/aromatic N) is 2. The molecule has 5 heteroatoms. The second-order valence-electron chi connectivity index (χ2n) is 5.11. The predicted octanol–water partition coefficient (Wildman–Crippen LogP) is 2.59. The monoisotopic (exact) mass is 277 g/mol. The van der Waals surface area contributed by atoms with Crippen LogP contribution in [-0.4, -0.2) is 16.2 Å². The number of benzene rings is 1. The number of rotatable bonds is 5. The molecule has 19 heavy (non-hydrogen) atoms. The zero-order valence-corrected chi connectivity index (χ0v) is 11.3. The van der Waals surface area contributed by atoms with Gasteiger partial charge in [-0.15, -0.1) is 0 Å². The fraction of sp³-hybridized carbons (Fsp3) is 0.429. The maximum absolute atomic E-state index is 6.05. The van der Waals surface area contributed by atoms with Crippen molar-refractivity contribution in [1.29, 1.82) is 0 Å². The first-order chi connectivity index (χ1) is 9.20. The van der Waals surface area contributed by atoms with E-state index in [2.05, 4.69) is 10.1 Å². The third-order valence-corrected chi connectivity index (χ3v) is 3.68. The third-order valence-electron chi connectivity index (χ3n) is 3.42. The lowest BCUT2D eigenvalue weighted by molar-refractivity contribution is 0.359. The van der Waals surface area contributed by atoms with Crippen LogP contribution in [0.4, 0.5) is 0 Å². The van der Waals surface area contributed by atoms with E-state index in [9.17, 15) is 0 Å². The van der Waals surface area contributed by atoms with Crippen molar-refractivity contribution in [3.8, 4) is 0 Å². The molecule has 0 spiro atoms. The average molecular weight is 278 g/mol. The van der Waals surface area contributed by atoms with Crippen LogP contribution >= 0.6 is 11.6 Å². The van der Waals surface area contributed by atoms with E-state index in [-0.39, 0.29) is 6.04 Å². The highest BCUT2D eigenvalue weighted by Crippen LogP contribution is 2.32. The number of aromatic nitrogens is 2. The lowest BCUT2D eigenvalue weighted by Crippen LogP contribution is -2.25. The molecule has 0 aliphatic heterocycles. The number of halogens is 1. The van der Waals surface area contributed by atoms with Crippen LogP contribution in [0.3, 0.4) is 0 Å². The topological polar surface area (TPSA) is 64.9 Å². The van der Waals surface area contributed by atoms with Gasteiger partial charge in [0.2, 0.25) is 5.89 Å². The van der Waals surface area contributed by atoms with Gasteiger partial charge in [-0.3, -0.25) is 0 Å². The number of nitrogens with two attached hydrogens (primary N) is 1. The van der Waals surface area contributed by atoms with Crippen molar-refractivity contribution >= 4 is 11.6 Å². The summed E-state index contributed by atoms with van der Waals surface area (Å²) in [4.78, 5) is 4.39. The van der Waals surface area contributed by atoms with Gasteiger partial charge in [0.05, 0.1) is 0 Å². The molecule has 1 aromatic heterocycles. The second-order valence-corrected chi connectivity index (χ2v) is 5.55. The standard InChI is InChI=1S/C14H16ClN3O/c15-11-5-1-9(2-6-11)7-13-17-14(19-18-13)8-12(16)10-3-4-10/h1-2,5-6,10,12H,3-4,7-8,16H2. The molecule has 1 aliphatic carbocycles. The highest BCUT2D eigenvalue weighted by atomic mass is 35.5. The van der Waals surface area contributed by atoms with E-state index >= 15 is 0 Å². The van der Waals surface area contributed by atoms with Crippen molar-refractivity contribution in [2.45, 2.75) is 31.7 Å². The van der Waals surface area contributed by atoms with Crippen molar-refractivity contribution in [3.05, 3.63) is 46.6 Å². The molecule has 100 valence electrons. The smallest absolute Gasteiger partial charge is 0.228 e. The molecule has 1 unspecified atom stereocenters. The van der Waals surface area contributed by atoms with Gasteiger partial charge in [-0.1, -0.05) is 28.9 Å². The van der Waals surface area contributed by atoms with Crippen LogP contribution in [0, 0.1) is 5.92 Å². The normalized spacial score (nSPS) is 16.5. The third kappa shape index (κ3) is 3.33. The average Bonchev–Trinajstić information content (AvgIpc) is 3.16. The van der Waals surface area contributed by atoms with Crippen LogP contribution in [0.25, 0.3) is 0 Å². The van der Waals surface area contributed by atoms with E-state index in [1.165, 1.54) is 12.8 Å². The molecule has 2 N–H and O–H groups in total. The van der Waals surface area contributed by atoms with Gasteiger partial charge in [-0.05, 0) is 36.5 Å². The summed E-state index contributed by atoms with van der Waals surface area (Å²) in [6.07, 6.45) is 3.79. The lowest BCUT2D eigenvalue weighted by Gasteiger charge is -2.04. The Bertz CT molecular complexity index is 548. The largest absolute Gasteiger partial charge is 0.339 e. The maximum atomic E-state index is 6.05. The summed E-state index contributed by atoms with van der Waals surface area (Å²) < 4.78 is 5.24. The Morgan fingerprint density at radius 2 is 2.05 bits per heavy atom. The van der Waals surface area contributed by atoms with E-state index in [4.69, 9.17) is 21.9 Å². The molecule has 1 saturated carbocycles. The van der Waals surface area contributed by atoms with E-state index in [0.717, 1.165) is 10.6 Å². The van der Waals surface area contributed by atoms with Crippen LogP contribution in [-0.2, 0) is 12.8 Å². The van der Waals surface area contributed by atoms with E-state index < -0.39 is 0 Å². The molecule has 0 saturated heterocycles. The van der Waals surface area contributed by atoms with E-state index in [1.54, 1.807) is 0 Å². The highest BCUT2D eigenvalue weighted by Gasteiger charge is 2.29. The summed E-state index contributed by atoms with van der Waals surface area (Å²) in [6, 6.07) is 7.81. The van der Waals surface area contributed by atoms with Gasteiger partial charge in [0.1, 0.15) is 0 Å². The highest BCUT2D eigenvalue weighted by molar-refractivity contribution is 6.30. The molecule has 0 radical (unpaired) electrons. The minimum Gasteiger partial charge on any atom is -0.339 e. The maximum Gasteiger partial charge on any atom is 0.228 e. The molecule has 1 atom stereocenters. The van der Waals surface area contributed by atoms with Gasteiger partial charge in [0, 0.05) is 23.9 Å². The Balaban J connectivity index is 1.62. The molecule has 1 aromatic carbocycles. The summed E-state index contributed by atoms with van der Waals surface area (Å²) in [6.45, 7) is 0. The van der Waals surface area contributed by atoms with Gasteiger partial charge < -0.3 is 10.3 Å². The molecule has 4 nitrogen and oxygen atoms in total. The van der Waals surface area contributed by atoms with Gasteiger partial charge in [0.15, 0.2) is 5.82 Å². The minimum absolute atomic E-state index is 0.156. The zero-order chi connectivity index (χ0) is 13.2. The fourth-order valence-electron chi connectivity index (χ4n) is 2.12. The summed E-state index contributed by atoms with van der Waals surface area (Å²) >= 11 is 5.85. The predicted molar refractivity (Wildman–Crippen MR) is 73.0 cm³/mol. The first-order valence-corrected chi connectivity index (χ1v) is 6.90. The zero-order valence-electron chi connectivity index (χ0n) is 10.6. The van der Waals surface area contributed by atoms with E-state index in [1.807, 2.05) is 24.3 Å². The van der Waals surface area contributed by atoms with Gasteiger partial charge in [-0.25, -0.2) is 0 Å². The Hall–Kier alpha value is -1.39. The molecular formula is C14H16ClN3O. The van der Waals surface area contributed by atoms with Crippen LogP contribution in [0.5, 0.6) is 0 Å². The number of hydrogen-bond acceptors (Lipinski definition) is 4. The molecule has 1 fully saturated rings. The first kappa shape index (κ1) is 12.6. The molecule has 0 amide bonds. The summed E-state index contributed by atoms with van der Waals surface area (Å²) in [5.74, 6) is 1.98. The Morgan fingerprint density at radius 1 is 1.32 bits per heavy atom. The van der Waals surface area contributed by atoms with Crippen LogP contribution in [0.1, 0.15) is 30.1 Å². The van der Waals surface area contributed by atoms with Crippen molar-refractivity contribution in [3.63, 3.8) is 0 Å². The molecule has 3 rings (SSSR count). The van der Waals surface area contributed by atoms with Crippen LogP contribution < -0.4 is 5.73 Å². The summed E-state index contributed by atoms with van der Waals surface area (Å²) in [5, 5.41) is 4.72. The van der Waals surface area contributed by atoms with Gasteiger partial charge in [0.25, 0.3) is 0 Å². The first-order valence-electron chi connectivity index (χ1n) is 6.52. The molecule has 1 aliphatic rings. The van der Waals surface area contributed by atoms with Crippen molar-refractivity contribution < 1.29 is 4.52 Å². The molecule has 1 heterocycles. The molecule has 0 bridgehead atoms. The quantitative estimate of drug-likeness (QED) is 0.912. The second kappa shape index (κ2) is 5.31. The summed E-state index contributed by atoms with van der Waals surface area (Å²) in [7, 11) is 0. The van der Waals surface area contributed by atoms with Crippen molar-refractivity contribution in [2.75, 3.05) is 0 Å². The molecular weight excluding hydrogens is 262 g/mol. The van der Waals surface area contributed by atoms with Gasteiger partial charge in [-0.2, -0.15) is 4.98 Å². The summed E-state index contributed by atoms with van der Waals surface area (Å²) in [5.41, 5.74) is 7.16. The Morgan fingerprint density at radius 3 is 2.74 bits per heavy atom.